The minimum absolute atomic E-state index is 0.0420. The maximum Gasteiger partial charge on any atom is 0.306 e. The van der Waals surface area contributed by atoms with Gasteiger partial charge in [0, 0.05) is 11.8 Å². The van der Waals surface area contributed by atoms with Crippen molar-refractivity contribution in [3.05, 3.63) is 49.1 Å². The molecule has 0 heterocycles. The largest absolute Gasteiger partial charge is 0.481 e. The lowest BCUT2D eigenvalue weighted by molar-refractivity contribution is -0.141. The fraction of sp³-hybridized carbons (Fsp3) is 0.565. The molecule has 0 aliphatic heterocycles. The smallest absolute Gasteiger partial charge is 0.306 e. The van der Waals surface area contributed by atoms with Crippen molar-refractivity contribution in [3.63, 3.8) is 0 Å². The van der Waals surface area contributed by atoms with Crippen LogP contribution in [0.2, 0.25) is 0 Å². The van der Waals surface area contributed by atoms with Crippen molar-refractivity contribution in [1.82, 2.24) is 0 Å². The Bertz CT molecular complexity index is 587. The Hall–Kier alpha value is -1.94. The van der Waals surface area contributed by atoms with Crippen LogP contribution < -0.4 is 0 Å². The van der Waals surface area contributed by atoms with Gasteiger partial charge in [-0.25, -0.2) is 0 Å². The Morgan fingerprint density at radius 2 is 2.11 bits per heavy atom. The molecule has 0 aromatic rings. The molecule has 0 amide bonds. The van der Waals surface area contributed by atoms with E-state index in [4.69, 9.17) is 5.11 Å². The van der Waals surface area contributed by atoms with Crippen molar-refractivity contribution in [3.8, 4) is 0 Å². The molecule has 150 valence electrons. The Morgan fingerprint density at radius 3 is 2.74 bits per heavy atom. The number of rotatable bonds is 13. The first-order valence-corrected chi connectivity index (χ1v) is 9.95. The van der Waals surface area contributed by atoms with Crippen LogP contribution >= 0.6 is 0 Å². The molecule has 0 saturated carbocycles. The summed E-state index contributed by atoms with van der Waals surface area (Å²) in [5.41, 5.74) is -0.880. The molecule has 1 aliphatic rings. The first kappa shape index (κ1) is 23.1. The van der Waals surface area contributed by atoms with Gasteiger partial charge in [-0.2, -0.15) is 0 Å². The molecular formula is C23H34O4. The predicted octanol–water partition coefficient (Wildman–Crippen LogP) is 4.86. The number of ketones is 1. The lowest BCUT2D eigenvalue weighted by Crippen LogP contribution is -2.24. The number of hydrogen-bond donors (Lipinski definition) is 2. The summed E-state index contributed by atoms with van der Waals surface area (Å²) in [4.78, 5) is 22.9. The summed E-state index contributed by atoms with van der Waals surface area (Å²) in [6.07, 6.45) is 18.2. The zero-order chi connectivity index (χ0) is 20.3. The molecule has 0 spiro atoms. The molecule has 27 heavy (non-hydrogen) atoms. The first-order chi connectivity index (χ1) is 12.8. The number of carboxylic acids is 1. The van der Waals surface area contributed by atoms with E-state index in [2.05, 4.69) is 13.5 Å². The van der Waals surface area contributed by atoms with Gasteiger partial charge in [-0.1, -0.05) is 63.1 Å². The van der Waals surface area contributed by atoms with E-state index in [1.165, 1.54) is 0 Å². The van der Waals surface area contributed by atoms with Gasteiger partial charge in [0.2, 0.25) is 0 Å². The molecule has 1 aliphatic carbocycles. The molecule has 0 radical (unpaired) electrons. The summed E-state index contributed by atoms with van der Waals surface area (Å²) < 4.78 is 0. The highest BCUT2D eigenvalue weighted by Gasteiger charge is 2.27. The SMILES string of the molecule is C=CC(O)(CC=C[C@H]1C=CC(=O)[C@@H]1CC=CCCC(C)C(=O)O)CCCC. The molecule has 0 bridgehead atoms. The molecule has 1 rings (SSSR count). The van der Waals surface area contributed by atoms with Gasteiger partial charge in [-0.05, 0) is 38.2 Å². The van der Waals surface area contributed by atoms with Gasteiger partial charge in [-0.3, -0.25) is 9.59 Å². The van der Waals surface area contributed by atoms with E-state index in [0.29, 0.717) is 32.1 Å². The third-order valence-electron chi connectivity index (χ3n) is 5.23. The molecule has 0 saturated heterocycles. The fourth-order valence-corrected chi connectivity index (χ4v) is 3.15. The normalized spacial score (nSPS) is 23.1. The summed E-state index contributed by atoms with van der Waals surface area (Å²) >= 11 is 0. The van der Waals surface area contributed by atoms with Gasteiger partial charge in [0.1, 0.15) is 0 Å². The number of carbonyl (C=O) groups is 2. The zero-order valence-electron chi connectivity index (χ0n) is 16.6. The van der Waals surface area contributed by atoms with Crippen molar-refractivity contribution in [2.24, 2.45) is 17.8 Å². The molecule has 0 aromatic heterocycles. The minimum atomic E-state index is -0.880. The maximum atomic E-state index is 12.1. The highest BCUT2D eigenvalue weighted by atomic mass is 16.4. The minimum Gasteiger partial charge on any atom is -0.481 e. The Morgan fingerprint density at radius 1 is 1.37 bits per heavy atom. The average molecular weight is 375 g/mol. The van der Waals surface area contributed by atoms with Crippen LogP contribution in [0.4, 0.5) is 0 Å². The Balaban J connectivity index is 2.52. The lowest BCUT2D eigenvalue weighted by Gasteiger charge is -2.22. The van der Waals surface area contributed by atoms with Crippen molar-refractivity contribution in [1.29, 1.82) is 0 Å². The second-order valence-corrected chi connectivity index (χ2v) is 7.51. The van der Waals surface area contributed by atoms with Gasteiger partial charge in [0.25, 0.3) is 0 Å². The van der Waals surface area contributed by atoms with Crippen LogP contribution in [-0.4, -0.2) is 27.6 Å². The number of hydrogen-bond acceptors (Lipinski definition) is 3. The van der Waals surface area contributed by atoms with Crippen LogP contribution in [0.3, 0.4) is 0 Å². The van der Waals surface area contributed by atoms with Crippen molar-refractivity contribution in [2.45, 2.75) is 64.4 Å². The van der Waals surface area contributed by atoms with Crippen molar-refractivity contribution >= 4 is 11.8 Å². The van der Waals surface area contributed by atoms with Crippen LogP contribution in [-0.2, 0) is 9.59 Å². The van der Waals surface area contributed by atoms with Gasteiger partial charge >= 0.3 is 5.97 Å². The third kappa shape index (κ3) is 8.08. The number of aliphatic carboxylic acids is 1. The van der Waals surface area contributed by atoms with Crippen LogP contribution in [0, 0.1) is 17.8 Å². The Kier molecular flexibility index (Phi) is 10.0. The summed E-state index contributed by atoms with van der Waals surface area (Å²) in [7, 11) is 0. The van der Waals surface area contributed by atoms with Gasteiger partial charge < -0.3 is 10.2 Å². The third-order valence-corrected chi connectivity index (χ3v) is 5.23. The Labute approximate surface area is 163 Å². The predicted molar refractivity (Wildman–Crippen MR) is 109 cm³/mol. The highest BCUT2D eigenvalue weighted by Crippen LogP contribution is 2.28. The van der Waals surface area contributed by atoms with Crippen LogP contribution in [0.15, 0.2) is 49.1 Å². The van der Waals surface area contributed by atoms with Gasteiger partial charge in [0.05, 0.1) is 11.5 Å². The second kappa shape index (κ2) is 11.7. The molecule has 2 unspecified atom stereocenters. The van der Waals surface area contributed by atoms with E-state index < -0.39 is 11.6 Å². The molecule has 2 N–H and O–H groups in total. The summed E-state index contributed by atoms with van der Waals surface area (Å²) in [5, 5.41) is 19.4. The average Bonchev–Trinajstić information content (AvgIpc) is 2.99. The maximum absolute atomic E-state index is 12.1. The zero-order valence-corrected chi connectivity index (χ0v) is 16.6. The topological polar surface area (TPSA) is 74.6 Å². The number of carbonyl (C=O) groups excluding carboxylic acids is 1. The number of allylic oxidation sites excluding steroid dienone is 5. The van der Waals surface area contributed by atoms with E-state index in [1.807, 2.05) is 30.4 Å². The first-order valence-electron chi connectivity index (χ1n) is 9.95. The summed E-state index contributed by atoms with van der Waals surface area (Å²) in [5.74, 6) is -1.07. The number of aliphatic hydroxyl groups is 1. The van der Waals surface area contributed by atoms with Crippen LogP contribution in [0.25, 0.3) is 0 Å². The van der Waals surface area contributed by atoms with E-state index in [-0.39, 0.29) is 23.5 Å². The standard InChI is InChI=1S/C23H34O4/c1-4-6-16-23(27,5-2)17-10-12-19-14-15-21(24)20(19)13-9-7-8-11-18(3)22(25)26/h5,7,9-10,12,14-15,18-20,27H,2,4,6,8,11,13,16-17H2,1,3H3,(H,25,26)/t18?,19-,20+,23?/m0/s1. The highest BCUT2D eigenvalue weighted by molar-refractivity contribution is 5.95. The van der Waals surface area contributed by atoms with E-state index >= 15 is 0 Å². The second-order valence-electron chi connectivity index (χ2n) is 7.51. The van der Waals surface area contributed by atoms with E-state index in [0.717, 1.165) is 12.8 Å². The fourth-order valence-electron chi connectivity index (χ4n) is 3.15. The van der Waals surface area contributed by atoms with Crippen molar-refractivity contribution in [2.75, 3.05) is 0 Å². The number of unbranched alkanes of at least 4 members (excludes halogenated alkanes) is 1. The summed E-state index contributed by atoms with van der Waals surface area (Å²) in [6.45, 7) is 7.54. The monoisotopic (exact) mass is 374 g/mol. The molecule has 4 nitrogen and oxygen atoms in total. The molecular weight excluding hydrogens is 340 g/mol. The van der Waals surface area contributed by atoms with E-state index in [9.17, 15) is 14.7 Å². The lowest BCUT2D eigenvalue weighted by atomic mass is 9.88. The molecule has 4 atom stereocenters. The number of carboxylic acid groups (broad SMARTS) is 1. The summed E-state index contributed by atoms with van der Waals surface area (Å²) in [6, 6.07) is 0. The quantitative estimate of drug-likeness (QED) is 0.452. The molecule has 4 heteroatoms. The van der Waals surface area contributed by atoms with Crippen LogP contribution in [0.5, 0.6) is 0 Å². The van der Waals surface area contributed by atoms with Gasteiger partial charge in [0.15, 0.2) is 5.78 Å². The van der Waals surface area contributed by atoms with Crippen LogP contribution in [0.1, 0.15) is 58.8 Å². The van der Waals surface area contributed by atoms with E-state index in [1.54, 1.807) is 19.1 Å². The molecule has 0 aromatic carbocycles. The van der Waals surface area contributed by atoms with Crippen molar-refractivity contribution < 1.29 is 19.8 Å². The molecule has 0 fully saturated rings. The van der Waals surface area contributed by atoms with Gasteiger partial charge in [-0.15, -0.1) is 6.58 Å².